The van der Waals surface area contributed by atoms with Crippen LogP contribution in [0.25, 0.3) is 6.08 Å². The van der Waals surface area contributed by atoms with Crippen LogP contribution in [0.3, 0.4) is 0 Å². The van der Waals surface area contributed by atoms with E-state index in [1.54, 1.807) is 0 Å². The molecule has 0 fully saturated rings. The molecular formula is C13H20OSi. The fraction of sp³-hybridized carbons (Fsp3) is 0.385. The van der Waals surface area contributed by atoms with Crippen LogP contribution in [0.2, 0.25) is 19.1 Å². The molecule has 0 heterocycles. The third-order valence-corrected chi connectivity index (χ3v) is 5.04. The van der Waals surface area contributed by atoms with Crippen LogP contribution in [0.4, 0.5) is 0 Å². The fourth-order valence-corrected chi connectivity index (χ4v) is 2.40. The van der Waals surface area contributed by atoms with E-state index < -0.39 is 8.32 Å². The van der Waals surface area contributed by atoms with E-state index in [9.17, 15) is 0 Å². The van der Waals surface area contributed by atoms with E-state index in [0.29, 0.717) is 0 Å². The van der Waals surface area contributed by atoms with Gasteiger partial charge >= 0.3 is 0 Å². The van der Waals surface area contributed by atoms with E-state index in [1.807, 2.05) is 25.1 Å². The maximum absolute atomic E-state index is 5.99. The Morgan fingerprint density at radius 3 is 2.40 bits per heavy atom. The van der Waals surface area contributed by atoms with E-state index >= 15 is 0 Å². The minimum atomic E-state index is -1.46. The van der Waals surface area contributed by atoms with Gasteiger partial charge in [-0.1, -0.05) is 37.3 Å². The second-order valence-electron chi connectivity index (χ2n) is 4.38. The maximum atomic E-state index is 5.99. The van der Waals surface area contributed by atoms with Gasteiger partial charge in [-0.3, -0.25) is 0 Å². The minimum Gasteiger partial charge on any atom is -0.547 e. The highest BCUT2D eigenvalue weighted by molar-refractivity contribution is 6.71. The summed E-state index contributed by atoms with van der Waals surface area (Å²) in [5, 5.41) is 0. The normalized spacial score (nSPS) is 12.7. The number of hydrogen-bond acceptors (Lipinski definition) is 1. The molecule has 1 rings (SSSR count). The van der Waals surface area contributed by atoms with Gasteiger partial charge in [0.2, 0.25) is 8.32 Å². The van der Waals surface area contributed by atoms with E-state index in [0.717, 1.165) is 11.8 Å². The third kappa shape index (κ3) is 4.34. The van der Waals surface area contributed by atoms with Gasteiger partial charge in [0.25, 0.3) is 0 Å². The van der Waals surface area contributed by atoms with Crippen LogP contribution < -0.4 is 0 Å². The molecule has 1 nitrogen and oxygen atoms in total. The maximum Gasteiger partial charge on any atom is 0.244 e. The van der Waals surface area contributed by atoms with Crippen LogP contribution in [-0.2, 0) is 4.43 Å². The standard InChI is InChI=1S/C13H20OSi/c1-5-15(3,4)14-12(2)11-13-9-7-6-8-10-13/h6-11H,5H2,1-4H3/b12-11-. The molecule has 0 atom stereocenters. The summed E-state index contributed by atoms with van der Waals surface area (Å²) < 4.78 is 5.99. The average molecular weight is 220 g/mol. The van der Waals surface area contributed by atoms with Crippen molar-refractivity contribution in [3.05, 3.63) is 41.7 Å². The van der Waals surface area contributed by atoms with Crippen LogP contribution in [0.1, 0.15) is 19.4 Å². The monoisotopic (exact) mass is 220 g/mol. The van der Waals surface area contributed by atoms with E-state index in [1.165, 1.54) is 5.56 Å². The lowest BCUT2D eigenvalue weighted by molar-refractivity contribution is 0.424. The first kappa shape index (κ1) is 12.0. The van der Waals surface area contributed by atoms with Gasteiger partial charge in [0, 0.05) is 0 Å². The van der Waals surface area contributed by atoms with E-state index in [-0.39, 0.29) is 0 Å². The Morgan fingerprint density at radius 2 is 1.87 bits per heavy atom. The molecule has 2 heteroatoms. The smallest absolute Gasteiger partial charge is 0.244 e. The lowest BCUT2D eigenvalue weighted by atomic mass is 10.2. The van der Waals surface area contributed by atoms with Gasteiger partial charge in [-0.15, -0.1) is 0 Å². The Kier molecular flexibility index (Phi) is 4.15. The number of rotatable bonds is 4. The molecule has 0 radical (unpaired) electrons. The lowest BCUT2D eigenvalue weighted by Gasteiger charge is -2.22. The molecule has 1 aromatic rings. The van der Waals surface area contributed by atoms with Crippen LogP contribution in [0.15, 0.2) is 36.1 Å². The second kappa shape index (κ2) is 5.17. The fourth-order valence-electron chi connectivity index (χ4n) is 1.32. The van der Waals surface area contributed by atoms with Crippen LogP contribution in [0, 0.1) is 0 Å². The number of hydrogen-bond donors (Lipinski definition) is 0. The van der Waals surface area contributed by atoms with Gasteiger partial charge < -0.3 is 4.43 Å². The predicted octanol–water partition coefficient (Wildman–Crippen LogP) is 4.29. The minimum absolute atomic E-state index is 1.03. The zero-order valence-electron chi connectivity index (χ0n) is 10.1. The first-order chi connectivity index (χ1) is 7.03. The molecule has 0 saturated heterocycles. The molecule has 0 N–H and O–H groups in total. The quantitative estimate of drug-likeness (QED) is 0.543. The largest absolute Gasteiger partial charge is 0.547 e. The molecule has 0 unspecified atom stereocenters. The van der Waals surface area contributed by atoms with Crippen molar-refractivity contribution in [2.24, 2.45) is 0 Å². The van der Waals surface area contributed by atoms with Gasteiger partial charge in [0.05, 0.1) is 5.76 Å². The molecule has 0 aliphatic rings. The SMILES string of the molecule is CC[Si](C)(C)O/C(C)=C\c1ccccc1. The summed E-state index contributed by atoms with van der Waals surface area (Å²) in [5.41, 5.74) is 1.20. The van der Waals surface area contributed by atoms with Gasteiger partial charge in [0.1, 0.15) is 0 Å². The molecule has 0 saturated carbocycles. The molecule has 0 aromatic heterocycles. The van der Waals surface area contributed by atoms with E-state index in [2.05, 4.69) is 38.2 Å². The zero-order chi connectivity index (χ0) is 11.3. The van der Waals surface area contributed by atoms with Crippen molar-refractivity contribution in [2.75, 3.05) is 0 Å². The predicted molar refractivity (Wildman–Crippen MR) is 69.1 cm³/mol. The summed E-state index contributed by atoms with van der Waals surface area (Å²) in [7, 11) is -1.46. The topological polar surface area (TPSA) is 9.23 Å². The summed E-state index contributed by atoms with van der Waals surface area (Å²) in [6.07, 6.45) is 2.10. The van der Waals surface area contributed by atoms with Crippen molar-refractivity contribution in [2.45, 2.75) is 33.0 Å². The summed E-state index contributed by atoms with van der Waals surface area (Å²) in [5.74, 6) is 1.03. The van der Waals surface area contributed by atoms with Gasteiger partial charge in [-0.05, 0) is 37.7 Å². The lowest BCUT2D eigenvalue weighted by Crippen LogP contribution is -2.27. The molecular weight excluding hydrogens is 200 g/mol. The van der Waals surface area contributed by atoms with Gasteiger partial charge in [-0.25, -0.2) is 0 Å². The van der Waals surface area contributed by atoms with E-state index in [4.69, 9.17) is 4.43 Å². The van der Waals surface area contributed by atoms with Crippen molar-refractivity contribution in [1.29, 1.82) is 0 Å². The zero-order valence-corrected chi connectivity index (χ0v) is 11.1. The summed E-state index contributed by atoms with van der Waals surface area (Å²) in [4.78, 5) is 0. The number of allylic oxidation sites excluding steroid dienone is 1. The highest BCUT2D eigenvalue weighted by atomic mass is 28.4. The highest BCUT2D eigenvalue weighted by Gasteiger charge is 2.20. The highest BCUT2D eigenvalue weighted by Crippen LogP contribution is 2.16. The Hall–Kier alpha value is -1.02. The average Bonchev–Trinajstić information content (AvgIpc) is 2.18. The summed E-state index contributed by atoms with van der Waals surface area (Å²) in [6.45, 7) is 8.73. The van der Waals surface area contributed by atoms with Crippen molar-refractivity contribution in [3.63, 3.8) is 0 Å². The van der Waals surface area contributed by atoms with Crippen molar-refractivity contribution in [3.8, 4) is 0 Å². The van der Waals surface area contributed by atoms with Crippen LogP contribution >= 0.6 is 0 Å². The van der Waals surface area contributed by atoms with Crippen molar-refractivity contribution < 1.29 is 4.43 Å². The molecule has 0 spiro atoms. The molecule has 82 valence electrons. The molecule has 0 aliphatic heterocycles. The van der Waals surface area contributed by atoms with Gasteiger partial charge in [-0.2, -0.15) is 0 Å². The summed E-state index contributed by atoms with van der Waals surface area (Å²) >= 11 is 0. The Bertz CT molecular complexity index is 328. The van der Waals surface area contributed by atoms with Crippen LogP contribution in [-0.4, -0.2) is 8.32 Å². The summed E-state index contributed by atoms with van der Waals surface area (Å²) in [6, 6.07) is 11.4. The van der Waals surface area contributed by atoms with Crippen LogP contribution in [0.5, 0.6) is 0 Å². The van der Waals surface area contributed by atoms with Crippen molar-refractivity contribution >= 4 is 14.4 Å². The Balaban J connectivity index is 2.69. The first-order valence-corrected chi connectivity index (χ1v) is 8.57. The Morgan fingerprint density at radius 1 is 1.27 bits per heavy atom. The molecule has 1 aromatic carbocycles. The first-order valence-electron chi connectivity index (χ1n) is 5.46. The molecule has 0 amide bonds. The van der Waals surface area contributed by atoms with Crippen molar-refractivity contribution in [1.82, 2.24) is 0 Å². The Labute approximate surface area is 93.9 Å². The molecule has 0 bridgehead atoms. The van der Waals surface area contributed by atoms with Gasteiger partial charge in [0.15, 0.2) is 0 Å². The third-order valence-electron chi connectivity index (χ3n) is 2.46. The molecule has 0 aliphatic carbocycles. The molecule has 15 heavy (non-hydrogen) atoms. The second-order valence-corrected chi connectivity index (χ2v) is 8.81. The number of benzene rings is 1.